The van der Waals surface area contributed by atoms with Crippen molar-refractivity contribution in [1.82, 2.24) is 9.88 Å². The van der Waals surface area contributed by atoms with Gasteiger partial charge in [-0.2, -0.15) is 13.2 Å². The zero-order valence-corrected chi connectivity index (χ0v) is 17.4. The fraction of sp³-hybridized carbons (Fsp3) is 0.350. The molecule has 1 N–H and O–H groups in total. The highest BCUT2D eigenvalue weighted by atomic mass is 32.2. The van der Waals surface area contributed by atoms with Gasteiger partial charge in [0.1, 0.15) is 6.04 Å². The third-order valence-electron chi connectivity index (χ3n) is 4.51. The molecule has 2 heterocycles. The molecule has 160 valence electrons. The number of thioether (sulfide) groups is 1. The average Bonchev–Trinajstić information content (AvgIpc) is 2.86. The summed E-state index contributed by atoms with van der Waals surface area (Å²) in [6.07, 6.45) is 3.28. The summed E-state index contributed by atoms with van der Waals surface area (Å²) in [7, 11) is 0. The Kier molecular flexibility index (Phi) is 6.25. The van der Waals surface area contributed by atoms with Crippen molar-refractivity contribution in [2.24, 2.45) is 0 Å². The van der Waals surface area contributed by atoms with E-state index in [-0.39, 0.29) is 34.9 Å². The van der Waals surface area contributed by atoms with Crippen molar-refractivity contribution in [3.63, 3.8) is 0 Å². The van der Waals surface area contributed by atoms with Gasteiger partial charge in [0, 0.05) is 17.1 Å². The predicted octanol–water partition coefficient (Wildman–Crippen LogP) is 4.87. The molecule has 0 bridgehead atoms. The van der Waals surface area contributed by atoms with Crippen LogP contribution in [0.5, 0.6) is 0 Å². The SMILES string of the molecule is CC(C)Nc1cnccc1CN1C(=O)N(c2ccc(SC(F)(F)F)cc2)C(=O)C1C. The highest BCUT2D eigenvalue weighted by molar-refractivity contribution is 8.00. The number of hydrogen-bond acceptors (Lipinski definition) is 5. The summed E-state index contributed by atoms with van der Waals surface area (Å²) in [4.78, 5) is 32.2. The van der Waals surface area contributed by atoms with Gasteiger partial charge in [-0.15, -0.1) is 0 Å². The maximum Gasteiger partial charge on any atom is 0.446 e. The number of pyridine rings is 1. The topological polar surface area (TPSA) is 65.5 Å². The second-order valence-electron chi connectivity index (χ2n) is 7.13. The van der Waals surface area contributed by atoms with Gasteiger partial charge in [-0.1, -0.05) is 0 Å². The van der Waals surface area contributed by atoms with E-state index in [1.807, 2.05) is 13.8 Å². The zero-order valence-electron chi connectivity index (χ0n) is 16.6. The third-order valence-corrected chi connectivity index (χ3v) is 5.25. The summed E-state index contributed by atoms with van der Waals surface area (Å²) in [5.74, 6) is -0.427. The molecule has 1 saturated heterocycles. The number of rotatable bonds is 6. The van der Waals surface area contributed by atoms with E-state index in [9.17, 15) is 22.8 Å². The minimum Gasteiger partial charge on any atom is -0.381 e. The van der Waals surface area contributed by atoms with Crippen molar-refractivity contribution in [1.29, 1.82) is 0 Å². The lowest BCUT2D eigenvalue weighted by atomic mass is 10.2. The highest BCUT2D eigenvalue weighted by Gasteiger charge is 2.43. The van der Waals surface area contributed by atoms with Crippen LogP contribution in [0.4, 0.5) is 29.3 Å². The average molecular weight is 438 g/mol. The van der Waals surface area contributed by atoms with Gasteiger partial charge in [0.05, 0.1) is 24.1 Å². The van der Waals surface area contributed by atoms with Crippen LogP contribution in [0, 0.1) is 0 Å². The number of imide groups is 1. The van der Waals surface area contributed by atoms with Crippen molar-refractivity contribution in [3.8, 4) is 0 Å². The number of benzene rings is 1. The number of halogens is 3. The molecular weight excluding hydrogens is 417 g/mol. The number of aromatic nitrogens is 1. The summed E-state index contributed by atoms with van der Waals surface area (Å²) < 4.78 is 37.5. The van der Waals surface area contributed by atoms with Gasteiger partial charge in [0.15, 0.2) is 0 Å². The number of amides is 3. The Balaban J connectivity index is 1.81. The molecule has 0 radical (unpaired) electrons. The molecule has 0 aliphatic carbocycles. The van der Waals surface area contributed by atoms with Gasteiger partial charge < -0.3 is 10.2 Å². The van der Waals surface area contributed by atoms with E-state index < -0.39 is 23.5 Å². The molecule has 1 aliphatic heterocycles. The molecule has 1 aliphatic rings. The van der Waals surface area contributed by atoms with Crippen LogP contribution in [0.1, 0.15) is 26.3 Å². The Labute approximate surface area is 176 Å². The minimum absolute atomic E-state index is 0.0172. The second-order valence-corrected chi connectivity index (χ2v) is 8.27. The van der Waals surface area contributed by atoms with E-state index in [0.717, 1.165) is 16.2 Å². The summed E-state index contributed by atoms with van der Waals surface area (Å²) in [6.45, 7) is 5.78. The standard InChI is InChI=1S/C20H21F3N4O2S/c1-12(2)25-17-10-24-9-8-14(17)11-26-13(3)18(28)27(19(26)29)15-4-6-16(7-5-15)30-20(21,22)23/h4-10,12-13,25H,11H2,1-3H3. The quantitative estimate of drug-likeness (QED) is 0.515. The van der Waals surface area contributed by atoms with E-state index in [1.54, 1.807) is 25.4 Å². The van der Waals surface area contributed by atoms with Gasteiger partial charge in [-0.05, 0) is 68.4 Å². The van der Waals surface area contributed by atoms with Crippen LogP contribution in [0.15, 0.2) is 47.6 Å². The highest BCUT2D eigenvalue weighted by Crippen LogP contribution is 2.38. The van der Waals surface area contributed by atoms with Crippen LogP contribution in [-0.2, 0) is 11.3 Å². The van der Waals surface area contributed by atoms with E-state index in [1.165, 1.54) is 29.2 Å². The summed E-state index contributed by atoms with van der Waals surface area (Å²) >= 11 is -0.249. The van der Waals surface area contributed by atoms with Crippen LogP contribution in [0.25, 0.3) is 0 Å². The lowest BCUT2D eigenvalue weighted by Crippen LogP contribution is -2.33. The molecule has 3 amide bonds. The molecular formula is C20H21F3N4O2S. The number of anilines is 2. The number of nitrogens with zero attached hydrogens (tertiary/aromatic N) is 3. The molecule has 1 unspecified atom stereocenters. The molecule has 6 nitrogen and oxygen atoms in total. The van der Waals surface area contributed by atoms with Crippen LogP contribution in [-0.4, -0.2) is 39.4 Å². The number of alkyl halides is 3. The van der Waals surface area contributed by atoms with Crippen molar-refractivity contribution in [2.45, 2.75) is 49.8 Å². The first-order valence-corrected chi connectivity index (χ1v) is 10.1. The smallest absolute Gasteiger partial charge is 0.381 e. The van der Waals surface area contributed by atoms with Gasteiger partial charge in [-0.25, -0.2) is 9.69 Å². The lowest BCUT2D eigenvalue weighted by molar-refractivity contribution is -0.119. The van der Waals surface area contributed by atoms with E-state index in [2.05, 4.69) is 10.3 Å². The largest absolute Gasteiger partial charge is 0.446 e. The third kappa shape index (κ3) is 4.86. The number of urea groups is 1. The Hall–Kier alpha value is -2.75. The molecule has 2 aromatic rings. The van der Waals surface area contributed by atoms with E-state index in [0.29, 0.717) is 0 Å². The number of nitrogens with one attached hydrogen (secondary N) is 1. The predicted molar refractivity (Wildman–Crippen MR) is 109 cm³/mol. The first-order valence-electron chi connectivity index (χ1n) is 9.26. The molecule has 1 atom stereocenters. The van der Waals surface area contributed by atoms with Crippen LogP contribution in [0.3, 0.4) is 0 Å². The molecule has 3 rings (SSSR count). The van der Waals surface area contributed by atoms with Crippen LogP contribution in [0.2, 0.25) is 0 Å². The van der Waals surface area contributed by atoms with Gasteiger partial charge in [0.25, 0.3) is 5.91 Å². The zero-order chi connectivity index (χ0) is 22.1. The molecule has 0 spiro atoms. The van der Waals surface area contributed by atoms with Crippen molar-refractivity contribution in [3.05, 3.63) is 48.3 Å². The van der Waals surface area contributed by atoms with Crippen molar-refractivity contribution in [2.75, 3.05) is 10.2 Å². The Morgan fingerprint density at radius 1 is 1.17 bits per heavy atom. The minimum atomic E-state index is -4.40. The Morgan fingerprint density at radius 3 is 2.43 bits per heavy atom. The summed E-state index contributed by atoms with van der Waals surface area (Å²) in [5, 5.41) is 3.26. The Bertz CT molecular complexity index is 934. The maximum absolute atomic E-state index is 13.0. The summed E-state index contributed by atoms with van der Waals surface area (Å²) in [5.41, 5.74) is -2.59. The first kappa shape index (κ1) is 21.9. The van der Waals surface area contributed by atoms with Crippen molar-refractivity contribution >= 4 is 35.1 Å². The lowest BCUT2D eigenvalue weighted by Gasteiger charge is -2.22. The molecule has 30 heavy (non-hydrogen) atoms. The van der Waals surface area contributed by atoms with Crippen LogP contribution >= 0.6 is 11.8 Å². The van der Waals surface area contributed by atoms with Crippen molar-refractivity contribution < 1.29 is 22.8 Å². The molecule has 1 aromatic heterocycles. The molecule has 10 heteroatoms. The van der Waals surface area contributed by atoms with Gasteiger partial charge >= 0.3 is 11.5 Å². The maximum atomic E-state index is 13.0. The monoisotopic (exact) mass is 438 g/mol. The van der Waals surface area contributed by atoms with Gasteiger partial charge in [-0.3, -0.25) is 9.78 Å². The number of hydrogen-bond donors (Lipinski definition) is 1. The first-order chi connectivity index (χ1) is 14.1. The second kappa shape index (κ2) is 8.55. The number of carbonyl (C=O) groups excluding carboxylic acids is 2. The number of carbonyl (C=O) groups is 2. The molecule has 1 aromatic carbocycles. The fourth-order valence-electron chi connectivity index (χ4n) is 3.13. The summed E-state index contributed by atoms with van der Waals surface area (Å²) in [6, 6.07) is 5.89. The normalized spacial score (nSPS) is 17.2. The molecule has 1 fully saturated rings. The van der Waals surface area contributed by atoms with E-state index >= 15 is 0 Å². The van der Waals surface area contributed by atoms with E-state index in [4.69, 9.17) is 0 Å². The Morgan fingerprint density at radius 2 is 1.83 bits per heavy atom. The van der Waals surface area contributed by atoms with Gasteiger partial charge in [0.2, 0.25) is 0 Å². The van der Waals surface area contributed by atoms with Crippen LogP contribution < -0.4 is 10.2 Å². The fourth-order valence-corrected chi connectivity index (χ4v) is 3.67. The molecule has 0 saturated carbocycles.